The van der Waals surface area contributed by atoms with Crippen LogP contribution in [0.5, 0.6) is 0 Å². The lowest BCUT2D eigenvalue weighted by molar-refractivity contribution is -0.127. The maximum atomic E-state index is 12.6. The predicted octanol–water partition coefficient (Wildman–Crippen LogP) is 2.66. The molecular formula is C16H22ClN3O. The first-order valence-electron chi connectivity index (χ1n) is 7.81. The molecular weight excluding hydrogens is 286 g/mol. The molecule has 21 heavy (non-hydrogen) atoms. The van der Waals surface area contributed by atoms with E-state index >= 15 is 0 Å². The summed E-state index contributed by atoms with van der Waals surface area (Å²) in [5.41, 5.74) is 0.578. The van der Waals surface area contributed by atoms with Crippen LogP contribution in [0.4, 0.5) is 0 Å². The number of hydrogen-bond donors (Lipinski definition) is 2. The zero-order valence-electron chi connectivity index (χ0n) is 12.2. The van der Waals surface area contributed by atoms with Crippen LogP contribution in [-0.2, 0) is 11.3 Å². The van der Waals surface area contributed by atoms with Gasteiger partial charge in [-0.15, -0.1) is 0 Å². The molecule has 1 aromatic rings. The van der Waals surface area contributed by atoms with Gasteiger partial charge in [-0.1, -0.05) is 24.4 Å². The van der Waals surface area contributed by atoms with Crippen molar-refractivity contribution in [1.82, 2.24) is 15.6 Å². The quantitative estimate of drug-likeness (QED) is 0.849. The summed E-state index contributed by atoms with van der Waals surface area (Å²) in [6.07, 6.45) is 9.92. The van der Waals surface area contributed by atoms with Gasteiger partial charge in [-0.3, -0.25) is 15.1 Å². The molecule has 2 aliphatic carbocycles. The summed E-state index contributed by atoms with van der Waals surface area (Å²) in [5, 5.41) is 7.25. The molecule has 2 N–H and O–H groups in total. The van der Waals surface area contributed by atoms with Crippen LogP contribution in [0.3, 0.4) is 0 Å². The summed E-state index contributed by atoms with van der Waals surface area (Å²) in [6.45, 7) is 1.44. The average molecular weight is 308 g/mol. The highest BCUT2D eigenvalue weighted by Crippen LogP contribution is 2.32. The molecule has 0 aromatic carbocycles. The van der Waals surface area contributed by atoms with E-state index in [0.717, 1.165) is 37.8 Å². The molecule has 0 radical (unpaired) electrons. The number of carbonyl (C=O) groups excluding carboxylic acids is 1. The molecule has 4 nitrogen and oxygen atoms in total. The van der Waals surface area contributed by atoms with Gasteiger partial charge in [0, 0.05) is 25.5 Å². The number of nitrogens with zero attached hydrogens (tertiary/aromatic N) is 1. The molecule has 0 atom stereocenters. The van der Waals surface area contributed by atoms with Crippen molar-refractivity contribution in [3.8, 4) is 0 Å². The van der Waals surface area contributed by atoms with Crippen LogP contribution in [0.2, 0.25) is 5.02 Å². The molecule has 1 amide bonds. The van der Waals surface area contributed by atoms with Crippen LogP contribution in [-0.4, -0.2) is 23.0 Å². The first-order valence-corrected chi connectivity index (χ1v) is 8.19. The lowest BCUT2D eigenvalue weighted by Gasteiger charge is -2.29. The Morgan fingerprint density at radius 1 is 1.38 bits per heavy atom. The molecule has 1 heterocycles. The maximum absolute atomic E-state index is 12.6. The van der Waals surface area contributed by atoms with Crippen molar-refractivity contribution in [2.45, 2.75) is 50.6 Å². The summed E-state index contributed by atoms with van der Waals surface area (Å²) < 4.78 is 0. The third kappa shape index (κ3) is 3.55. The lowest BCUT2D eigenvalue weighted by atomic mass is 9.95. The Balaban J connectivity index is 1.63. The molecule has 3 rings (SSSR count). The van der Waals surface area contributed by atoms with Crippen molar-refractivity contribution in [3.63, 3.8) is 0 Å². The van der Waals surface area contributed by atoms with E-state index in [1.54, 1.807) is 12.4 Å². The zero-order chi connectivity index (χ0) is 14.7. The van der Waals surface area contributed by atoms with Crippen molar-refractivity contribution < 1.29 is 4.79 Å². The van der Waals surface area contributed by atoms with Gasteiger partial charge in [0.2, 0.25) is 5.91 Å². The predicted molar refractivity (Wildman–Crippen MR) is 83.0 cm³/mol. The zero-order valence-corrected chi connectivity index (χ0v) is 13.0. The summed E-state index contributed by atoms with van der Waals surface area (Å²) in [6, 6.07) is 1.90. The molecule has 1 aromatic heterocycles. The van der Waals surface area contributed by atoms with E-state index in [0.29, 0.717) is 17.5 Å². The van der Waals surface area contributed by atoms with Crippen molar-refractivity contribution >= 4 is 17.5 Å². The number of pyridine rings is 1. The van der Waals surface area contributed by atoms with Gasteiger partial charge in [0.15, 0.2) is 0 Å². The first kappa shape index (κ1) is 14.8. The maximum Gasteiger partial charge on any atom is 0.240 e. The van der Waals surface area contributed by atoms with Crippen molar-refractivity contribution in [2.75, 3.05) is 6.54 Å². The number of carbonyl (C=O) groups is 1. The standard InChI is InChI=1S/C16H22ClN3O/c17-14-11-18-8-5-13(14)10-20-16(6-1-2-7-16)15(21)19-9-12-3-4-12/h5,8,11-12,20H,1-4,6-7,9-10H2,(H,19,21). The summed E-state index contributed by atoms with van der Waals surface area (Å²) in [4.78, 5) is 16.6. The Hall–Kier alpha value is -1.13. The summed E-state index contributed by atoms with van der Waals surface area (Å²) in [7, 11) is 0. The second-order valence-corrected chi connectivity index (χ2v) is 6.67. The smallest absolute Gasteiger partial charge is 0.240 e. The van der Waals surface area contributed by atoms with Crippen LogP contribution in [0.1, 0.15) is 44.1 Å². The largest absolute Gasteiger partial charge is 0.354 e. The molecule has 0 spiro atoms. The highest BCUT2D eigenvalue weighted by atomic mass is 35.5. The second kappa shape index (κ2) is 6.32. The Kier molecular flexibility index (Phi) is 4.45. The van der Waals surface area contributed by atoms with Gasteiger partial charge in [-0.05, 0) is 43.2 Å². The van der Waals surface area contributed by atoms with Crippen molar-refractivity contribution in [1.29, 1.82) is 0 Å². The Morgan fingerprint density at radius 3 is 2.81 bits per heavy atom. The Morgan fingerprint density at radius 2 is 2.14 bits per heavy atom. The van der Waals surface area contributed by atoms with E-state index in [4.69, 9.17) is 11.6 Å². The molecule has 0 bridgehead atoms. The molecule has 0 unspecified atom stereocenters. The number of amides is 1. The minimum Gasteiger partial charge on any atom is -0.354 e. The Labute approximate surface area is 130 Å². The molecule has 114 valence electrons. The minimum absolute atomic E-state index is 0.164. The minimum atomic E-state index is -0.415. The fourth-order valence-corrected chi connectivity index (χ4v) is 3.19. The van der Waals surface area contributed by atoms with Crippen LogP contribution in [0, 0.1) is 5.92 Å². The summed E-state index contributed by atoms with van der Waals surface area (Å²) >= 11 is 6.14. The molecule has 2 fully saturated rings. The van der Waals surface area contributed by atoms with E-state index in [1.807, 2.05) is 6.07 Å². The number of halogens is 1. The first-order chi connectivity index (χ1) is 10.2. The lowest BCUT2D eigenvalue weighted by Crippen LogP contribution is -2.55. The molecule has 0 aliphatic heterocycles. The van der Waals surface area contributed by atoms with E-state index in [1.165, 1.54) is 12.8 Å². The topological polar surface area (TPSA) is 54.0 Å². The molecule has 0 saturated heterocycles. The summed E-state index contributed by atoms with van der Waals surface area (Å²) in [5.74, 6) is 0.874. The van der Waals surface area contributed by atoms with E-state index < -0.39 is 5.54 Å². The highest BCUT2D eigenvalue weighted by molar-refractivity contribution is 6.31. The van der Waals surface area contributed by atoms with Gasteiger partial charge in [-0.2, -0.15) is 0 Å². The van der Waals surface area contributed by atoms with Gasteiger partial charge in [0.25, 0.3) is 0 Å². The fraction of sp³-hybridized carbons (Fsp3) is 0.625. The van der Waals surface area contributed by atoms with E-state index in [-0.39, 0.29) is 5.91 Å². The average Bonchev–Trinajstić information content (AvgIpc) is 3.20. The van der Waals surface area contributed by atoms with Crippen LogP contribution in [0.15, 0.2) is 18.5 Å². The molecule has 5 heteroatoms. The number of hydrogen-bond acceptors (Lipinski definition) is 3. The van der Waals surface area contributed by atoms with E-state index in [2.05, 4.69) is 15.6 Å². The fourth-order valence-electron chi connectivity index (χ4n) is 3.00. The van der Waals surface area contributed by atoms with Crippen LogP contribution < -0.4 is 10.6 Å². The molecule has 2 aliphatic rings. The molecule has 2 saturated carbocycles. The van der Waals surface area contributed by atoms with Crippen LogP contribution >= 0.6 is 11.6 Å². The second-order valence-electron chi connectivity index (χ2n) is 6.26. The number of nitrogens with one attached hydrogen (secondary N) is 2. The van der Waals surface area contributed by atoms with Gasteiger partial charge in [0.05, 0.1) is 10.6 Å². The third-order valence-electron chi connectivity index (χ3n) is 4.61. The number of aromatic nitrogens is 1. The van der Waals surface area contributed by atoms with Gasteiger partial charge >= 0.3 is 0 Å². The van der Waals surface area contributed by atoms with Gasteiger partial charge in [0.1, 0.15) is 0 Å². The SMILES string of the molecule is O=C(NCC1CC1)C1(NCc2ccncc2Cl)CCCC1. The number of rotatable bonds is 6. The normalized spacial score (nSPS) is 20.4. The van der Waals surface area contributed by atoms with Gasteiger partial charge < -0.3 is 5.32 Å². The Bertz CT molecular complexity index is 510. The van der Waals surface area contributed by atoms with Gasteiger partial charge in [-0.25, -0.2) is 0 Å². The van der Waals surface area contributed by atoms with Crippen molar-refractivity contribution in [2.24, 2.45) is 5.92 Å². The highest BCUT2D eigenvalue weighted by Gasteiger charge is 2.41. The monoisotopic (exact) mass is 307 g/mol. The van der Waals surface area contributed by atoms with Crippen molar-refractivity contribution in [3.05, 3.63) is 29.0 Å². The third-order valence-corrected chi connectivity index (χ3v) is 4.95. The van der Waals surface area contributed by atoms with Crippen LogP contribution in [0.25, 0.3) is 0 Å². The van der Waals surface area contributed by atoms with E-state index in [9.17, 15) is 4.79 Å².